The predicted octanol–water partition coefficient (Wildman–Crippen LogP) is -0.666. The quantitative estimate of drug-likeness (QED) is 0.601. The molecule has 2 amide bonds. The molecule has 1 aliphatic rings. The first-order chi connectivity index (χ1) is 7.74. The Morgan fingerprint density at radius 1 is 1.44 bits per heavy atom. The second-order valence-corrected chi connectivity index (χ2v) is 4.73. The topological polar surface area (TPSA) is 70.2 Å². The zero-order valence-corrected chi connectivity index (χ0v) is 10.4. The zero-order valence-electron chi connectivity index (χ0n) is 9.54. The fourth-order valence-corrected chi connectivity index (χ4v) is 2.38. The van der Waals surface area contributed by atoms with E-state index in [0.29, 0.717) is 19.5 Å². The van der Waals surface area contributed by atoms with Crippen LogP contribution < -0.4 is 16.0 Å². The Morgan fingerprint density at radius 2 is 2.25 bits per heavy atom. The number of thioether (sulfide) groups is 1. The normalized spacial score (nSPS) is 20.2. The van der Waals surface area contributed by atoms with Crippen LogP contribution in [0.1, 0.15) is 13.3 Å². The molecule has 3 N–H and O–H groups in total. The smallest absolute Gasteiger partial charge is 0.238 e. The number of hydrogen-bond acceptors (Lipinski definition) is 4. The number of nitrogens with one attached hydrogen (secondary N) is 3. The fraction of sp³-hybridized carbons (Fsp3) is 0.800. The average Bonchev–Trinajstić information content (AvgIpc) is 2.30. The summed E-state index contributed by atoms with van der Waals surface area (Å²) in [5, 5.41) is 8.60. The van der Waals surface area contributed by atoms with Crippen molar-refractivity contribution in [3.05, 3.63) is 0 Å². The SMILES string of the molecule is CCNC(=O)CCNC(=O)C1CSCCN1. The van der Waals surface area contributed by atoms with Crippen molar-refractivity contribution in [2.24, 2.45) is 0 Å². The highest BCUT2D eigenvalue weighted by molar-refractivity contribution is 7.99. The van der Waals surface area contributed by atoms with Crippen LogP contribution in [0.25, 0.3) is 0 Å². The maximum Gasteiger partial charge on any atom is 0.238 e. The summed E-state index contributed by atoms with van der Waals surface area (Å²) < 4.78 is 0. The minimum atomic E-state index is -0.104. The summed E-state index contributed by atoms with van der Waals surface area (Å²) in [5.41, 5.74) is 0. The summed E-state index contributed by atoms with van der Waals surface area (Å²) in [5.74, 6) is 1.85. The van der Waals surface area contributed by atoms with E-state index in [1.807, 2.05) is 6.92 Å². The van der Waals surface area contributed by atoms with Crippen LogP contribution in [0.5, 0.6) is 0 Å². The van der Waals surface area contributed by atoms with Gasteiger partial charge in [-0.25, -0.2) is 0 Å². The maximum absolute atomic E-state index is 11.6. The van der Waals surface area contributed by atoms with E-state index in [0.717, 1.165) is 18.1 Å². The van der Waals surface area contributed by atoms with Crippen molar-refractivity contribution < 1.29 is 9.59 Å². The lowest BCUT2D eigenvalue weighted by molar-refractivity contribution is -0.123. The number of carbonyl (C=O) groups excluding carboxylic acids is 2. The molecule has 1 heterocycles. The summed E-state index contributed by atoms with van der Waals surface area (Å²) in [7, 11) is 0. The van der Waals surface area contributed by atoms with E-state index in [2.05, 4.69) is 16.0 Å². The van der Waals surface area contributed by atoms with Crippen LogP contribution in [0.15, 0.2) is 0 Å². The van der Waals surface area contributed by atoms with Gasteiger partial charge >= 0.3 is 0 Å². The molecule has 1 fully saturated rings. The van der Waals surface area contributed by atoms with Crippen molar-refractivity contribution >= 4 is 23.6 Å². The number of carbonyl (C=O) groups is 2. The van der Waals surface area contributed by atoms with Gasteiger partial charge in [-0.2, -0.15) is 11.8 Å². The number of amides is 2. The van der Waals surface area contributed by atoms with Crippen LogP contribution >= 0.6 is 11.8 Å². The largest absolute Gasteiger partial charge is 0.356 e. The molecule has 0 aromatic heterocycles. The van der Waals surface area contributed by atoms with E-state index in [1.54, 1.807) is 11.8 Å². The van der Waals surface area contributed by atoms with Gasteiger partial charge in [0.15, 0.2) is 0 Å². The standard InChI is InChI=1S/C10H19N3O2S/c1-2-11-9(14)3-4-13-10(15)8-7-16-6-5-12-8/h8,12H,2-7H2,1H3,(H,11,14)(H,13,15). The van der Waals surface area contributed by atoms with Crippen LogP contribution in [0.4, 0.5) is 0 Å². The monoisotopic (exact) mass is 245 g/mol. The van der Waals surface area contributed by atoms with Gasteiger partial charge in [-0.3, -0.25) is 9.59 Å². The molecule has 0 bridgehead atoms. The molecule has 0 aliphatic carbocycles. The fourth-order valence-electron chi connectivity index (χ4n) is 1.44. The van der Waals surface area contributed by atoms with Crippen molar-refractivity contribution in [2.45, 2.75) is 19.4 Å². The Labute approximate surface area is 100 Å². The van der Waals surface area contributed by atoms with Gasteiger partial charge in [-0.15, -0.1) is 0 Å². The minimum Gasteiger partial charge on any atom is -0.356 e. The van der Waals surface area contributed by atoms with E-state index in [4.69, 9.17) is 0 Å². The molecule has 0 radical (unpaired) electrons. The van der Waals surface area contributed by atoms with Crippen LogP contribution in [0.2, 0.25) is 0 Å². The molecule has 1 atom stereocenters. The van der Waals surface area contributed by atoms with E-state index in [1.165, 1.54) is 0 Å². The van der Waals surface area contributed by atoms with E-state index in [9.17, 15) is 9.59 Å². The van der Waals surface area contributed by atoms with Gasteiger partial charge < -0.3 is 16.0 Å². The molecule has 1 aliphatic heterocycles. The summed E-state index contributed by atoms with van der Waals surface area (Å²) in [4.78, 5) is 22.7. The number of rotatable bonds is 5. The molecular weight excluding hydrogens is 226 g/mol. The van der Waals surface area contributed by atoms with Gasteiger partial charge in [0.05, 0.1) is 6.04 Å². The lowest BCUT2D eigenvalue weighted by Crippen LogP contribution is -2.49. The second kappa shape index (κ2) is 7.51. The summed E-state index contributed by atoms with van der Waals surface area (Å²) >= 11 is 1.78. The van der Waals surface area contributed by atoms with Gasteiger partial charge in [-0.05, 0) is 6.92 Å². The Kier molecular flexibility index (Phi) is 6.25. The van der Waals surface area contributed by atoms with Crippen LogP contribution in [0, 0.1) is 0 Å². The van der Waals surface area contributed by atoms with Crippen molar-refractivity contribution in [3.63, 3.8) is 0 Å². The van der Waals surface area contributed by atoms with Gasteiger partial charge in [0, 0.05) is 37.6 Å². The molecule has 6 heteroatoms. The molecule has 92 valence electrons. The lowest BCUT2D eigenvalue weighted by atomic mass is 10.3. The maximum atomic E-state index is 11.6. The van der Waals surface area contributed by atoms with Crippen LogP contribution in [0.3, 0.4) is 0 Å². The highest BCUT2D eigenvalue weighted by Gasteiger charge is 2.20. The van der Waals surface area contributed by atoms with Crippen molar-refractivity contribution in [1.82, 2.24) is 16.0 Å². The molecule has 1 saturated heterocycles. The predicted molar refractivity (Wildman–Crippen MR) is 65.4 cm³/mol. The Balaban J connectivity index is 2.12. The Bertz CT molecular complexity index is 242. The summed E-state index contributed by atoms with van der Waals surface area (Å²) in [6.07, 6.45) is 0.347. The summed E-state index contributed by atoms with van der Waals surface area (Å²) in [6.45, 7) is 3.79. The molecule has 0 saturated carbocycles. The second-order valence-electron chi connectivity index (χ2n) is 3.58. The Morgan fingerprint density at radius 3 is 2.88 bits per heavy atom. The van der Waals surface area contributed by atoms with Crippen LogP contribution in [-0.4, -0.2) is 49.0 Å². The molecule has 0 aromatic carbocycles. The highest BCUT2D eigenvalue weighted by atomic mass is 32.2. The average molecular weight is 245 g/mol. The third kappa shape index (κ3) is 4.85. The molecule has 1 rings (SSSR count). The molecule has 0 spiro atoms. The van der Waals surface area contributed by atoms with Crippen molar-refractivity contribution in [3.8, 4) is 0 Å². The molecule has 16 heavy (non-hydrogen) atoms. The van der Waals surface area contributed by atoms with Gasteiger partial charge in [0.25, 0.3) is 0 Å². The third-order valence-electron chi connectivity index (χ3n) is 2.26. The van der Waals surface area contributed by atoms with E-state index >= 15 is 0 Å². The third-order valence-corrected chi connectivity index (χ3v) is 3.33. The lowest BCUT2D eigenvalue weighted by Gasteiger charge is -2.22. The van der Waals surface area contributed by atoms with Crippen molar-refractivity contribution in [2.75, 3.05) is 31.1 Å². The summed E-state index contributed by atoms with van der Waals surface area (Å²) in [6, 6.07) is -0.104. The Hall–Kier alpha value is -0.750. The van der Waals surface area contributed by atoms with Gasteiger partial charge in [0.1, 0.15) is 0 Å². The van der Waals surface area contributed by atoms with Crippen molar-refractivity contribution in [1.29, 1.82) is 0 Å². The first-order valence-electron chi connectivity index (χ1n) is 5.59. The first kappa shape index (κ1) is 13.3. The molecular formula is C10H19N3O2S. The molecule has 5 nitrogen and oxygen atoms in total. The van der Waals surface area contributed by atoms with Crippen LogP contribution in [-0.2, 0) is 9.59 Å². The van der Waals surface area contributed by atoms with Gasteiger partial charge in [0.2, 0.25) is 11.8 Å². The molecule has 0 aromatic rings. The number of hydrogen-bond donors (Lipinski definition) is 3. The molecule has 1 unspecified atom stereocenters. The highest BCUT2D eigenvalue weighted by Crippen LogP contribution is 2.07. The minimum absolute atomic E-state index is 0.00324. The van der Waals surface area contributed by atoms with E-state index < -0.39 is 0 Å². The zero-order chi connectivity index (χ0) is 11.8. The first-order valence-corrected chi connectivity index (χ1v) is 6.75. The van der Waals surface area contributed by atoms with Gasteiger partial charge in [-0.1, -0.05) is 0 Å². The van der Waals surface area contributed by atoms with E-state index in [-0.39, 0.29) is 17.9 Å².